The molecule has 0 atom stereocenters. The lowest BCUT2D eigenvalue weighted by Gasteiger charge is -2.09. The number of ether oxygens (including phenoxy) is 1. The number of benzene rings is 1. The fourth-order valence-electron chi connectivity index (χ4n) is 0.763. The van der Waals surface area contributed by atoms with Crippen molar-refractivity contribution in [2.75, 3.05) is 12.3 Å². The van der Waals surface area contributed by atoms with Crippen LogP contribution in [0.25, 0.3) is 0 Å². The summed E-state index contributed by atoms with van der Waals surface area (Å²) in [6, 6.07) is 3.95. The molecule has 0 heterocycles. The average Bonchev–Trinajstić information content (AvgIpc) is 2.06. The lowest BCUT2D eigenvalue weighted by atomic mass is 10.3. The van der Waals surface area contributed by atoms with Gasteiger partial charge in [0.15, 0.2) is 6.61 Å². The van der Waals surface area contributed by atoms with Gasteiger partial charge in [-0.15, -0.1) is 0 Å². The van der Waals surface area contributed by atoms with E-state index in [0.717, 1.165) is 0 Å². The SMILES string of the molecule is Nc1ccc(OCC(F)(F)F)cc1Cl. The Morgan fingerprint density at radius 3 is 2.50 bits per heavy atom. The van der Waals surface area contributed by atoms with E-state index in [9.17, 15) is 13.2 Å². The van der Waals surface area contributed by atoms with E-state index in [4.69, 9.17) is 17.3 Å². The topological polar surface area (TPSA) is 35.2 Å². The number of anilines is 1. The summed E-state index contributed by atoms with van der Waals surface area (Å²) in [6.45, 7) is -1.34. The largest absolute Gasteiger partial charge is 0.484 e. The number of hydrogen-bond acceptors (Lipinski definition) is 2. The highest BCUT2D eigenvalue weighted by Crippen LogP contribution is 2.25. The molecule has 1 aromatic carbocycles. The molecular formula is C8H7ClF3NO. The van der Waals surface area contributed by atoms with E-state index >= 15 is 0 Å². The van der Waals surface area contributed by atoms with Crippen molar-refractivity contribution >= 4 is 17.3 Å². The molecule has 6 heteroatoms. The van der Waals surface area contributed by atoms with Crippen molar-refractivity contribution in [2.24, 2.45) is 0 Å². The molecule has 0 spiro atoms. The van der Waals surface area contributed by atoms with E-state index in [0.29, 0.717) is 5.69 Å². The predicted octanol–water partition coefficient (Wildman–Crippen LogP) is 2.86. The van der Waals surface area contributed by atoms with Gasteiger partial charge in [0.25, 0.3) is 0 Å². The maximum Gasteiger partial charge on any atom is 0.422 e. The molecule has 14 heavy (non-hydrogen) atoms. The minimum atomic E-state index is -4.35. The highest BCUT2D eigenvalue weighted by atomic mass is 35.5. The van der Waals surface area contributed by atoms with Crippen molar-refractivity contribution in [1.29, 1.82) is 0 Å². The van der Waals surface area contributed by atoms with Crippen LogP contribution in [0.4, 0.5) is 18.9 Å². The molecule has 78 valence electrons. The van der Waals surface area contributed by atoms with Crippen LogP contribution in [0.5, 0.6) is 5.75 Å². The van der Waals surface area contributed by atoms with Crippen molar-refractivity contribution in [3.8, 4) is 5.75 Å². The van der Waals surface area contributed by atoms with E-state index in [2.05, 4.69) is 4.74 Å². The second-order valence-corrected chi connectivity index (χ2v) is 2.99. The van der Waals surface area contributed by atoms with E-state index < -0.39 is 12.8 Å². The van der Waals surface area contributed by atoms with Gasteiger partial charge in [-0.05, 0) is 12.1 Å². The molecule has 0 aromatic heterocycles. The third-order valence-corrected chi connectivity index (χ3v) is 1.70. The van der Waals surface area contributed by atoms with Gasteiger partial charge >= 0.3 is 6.18 Å². The van der Waals surface area contributed by atoms with Crippen molar-refractivity contribution in [3.05, 3.63) is 23.2 Å². The molecule has 0 aliphatic rings. The van der Waals surface area contributed by atoms with Crippen LogP contribution < -0.4 is 10.5 Å². The van der Waals surface area contributed by atoms with Crippen LogP contribution in [0.2, 0.25) is 5.02 Å². The zero-order valence-electron chi connectivity index (χ0n) is 6.94. The Kier molecular flexibility index (Phi) is 3.10. The van der Waals surface area contributed by atoms with Crippen LogP contribution in [0, 0.1) is 0 Å². The zero-order valence-corrected chi connectivity index (χ0v) is 7.69. The summed E-state index contributed by atoms with van der Waals surface area (Å²) in [5.41, 5.74) is 5.66. The van der Waals surface area contributed by atoms with Crippen LogP contribution >= 0.6 is 11.6 Å². The Balaban J connectivity index is 2.65. The third-order valence-electron chi connectivity index (χ3n) is 1.37. The molecule has 0 aliphatic heterocycles. The number of nitrogens with two attached hydrogens (primary N) is 1. The van der Waals surface area contributed by atoms with Crippen molar-refractivity contribution in [1.82, 2.24) is 0 Å². The van der Waals surface area contributed by atoms with Gasteiger partial charge in [0.2, 0.25) is 0 Å². The third kappa shape index (κ3) is 3.33. The zero-order chi connectivity index (χ0) is 10.8. The summed E-state index contributed by atoms with van der Waals surface area (Å²) in [6.07, 6.45) is -4.35. The molecule has 0 aliphatic carbocycles. The van der Waals surface area contributed by atoms with Crippen LogP contribution in [-0.2, 0) is 0 Å². The Bertz CT molecular complexity index is 327. The Morgan fingerprint density at radius 1 is 1.36 bits per heavy atom. The first kappa shape index (κ1) is 11.0. The van der Waals surface area contributed by atoms with Gasteiger partial charge in [-0.2, -0.15) is 13.2 Å². The second-order valence-electron chi connectivity index (χ2n) is 2.59. The molecule has 0 fully saturated rings. The predicted molar refractivity (Wildman–Crippen MR) is 47.4 cm³/mol. The molecule has 0 saturated heterocycles. The van der Waals surface area contributed by atoms with Gasteiger partial charge in [0, 0.05) is 6.07 Å². The standard InChI is InChI=1S/C8H7ClF3NO/c9-6-3-5(1-2-7(6)13)14-4-8(10,11)12/h1-3H,4,13H2. The van der Waals surface area contributed by atoms with Crippen LogP contribution in [0.15, 0.2) is 18.2 Å². The maximum atomic E-state index is 11.7. The normalized spacial score (nSPS) is 11.4. The molecule has 0 amide bonds. The highest BCUT2D eigenvalue weighted by Gasteiger charge is 2.28. The van der Waals surface area contributed by atoms with E-state index in [-0.39, 0.29) is 10.8 Å². The molecule has 1 aromatic rings. The van der Waals surface area contributed by atoms with E-state index in [1.54, 1.807) is 0 Å². The van der Waals surface area contributed by atoms with Gasteiger partial charge in [0.1, 0.15) is 5.75 Å². The quantitative estimate of drug-likeness (QED) is 0.786. The molecule has 1 rings (SSSR count). The van der Waals surface area contributed by atoms with Crippen LogP contribution in [-0.4, -0.2) is 12.8 Å². The van der Waals surface area contributed by atoms with E-state index in [1.807, 2.05) is 0 Å². The van der Waals surface area contributed by atoms with E-state index in [1.165, 1.54) is 18.2 Å². The van der Waals surface area contributed by atoms with Crippen LogP contribution in [0.3, 0.4) is 0 Å². The number of rotatable bonds is 2. The van der Waals surface area contributed by atoms with Gasteiger partial charge in [-0.3, -0.25) is 0 Å². The fraction of sp³-hybridized carbons (Fsp3) is 0.250. The Morgan fingerprint density at radius 2 is 2.00 bits per heavy atom. The first-order valence-electron chi connectivity index (χ1n) is 3.63. The Labute approximate surface area is 83.4 Å². The lowest BCUT2D eigenvalue weighted by Crippen LogP contribution is -2.19. The average molecular weight is 226 g/mol. The van der Waals surface area contributed by atoms with Crippen molar-refractivity contribution in [3.63, 3.8) is 0 Å². The minimum absolute atomic E-state index is 0.0431. The summed E-state index contributed by atoms with van der Waals surface area (Å²) in [7, 11) is 0. The fourth-order valence-corrected chi connectivity index (χ4v) is 0.933. The number of halogens is 4. The summed E-state index contributed by atoms with van der Waals surface area (Å²) in [4.78, 5) is 0. The van der Waals surface area contributed by atoms with Gasteiger partial charge in [-0.1, -0.05) is 11.6 Å². The number of nitrogen functional groups attached to an aromatic ring is 1. The lowest BCUT2D eigenvalue weighted by molar-refractivity contribution is -0.153. The van der Waals surface area contributed by atoms with Gasteiger partial charge in [-0.25, -0.2) is 0 Å². The molecule has 0 unspecified atom stereocenters. The summed E-state index contributed by atoms with van der Waals surface area (Å²) < 4.78 is 39.7. The smallest absolute Gasteiger partial charge is 0.422 e. The summed E-state index contributed by atoms with van der Waals surface area (Å²) >= 11 is 5.58. The first-order valence-corrected chi connectivity index (χ1v) is 4.01. The monoisotopic (exact) mass is 225 g/mol. The second kappa shape index (κ2) is 3.96. The molecule has 0 radical (unpaired) electrons. The molecular weight excluding hydrogens is 219 g/mol. The molecule has 2 N–H and O–H groups in total. The van der Waals surface area contributed by atoms with Crippen molar-refractivity contribution < 1.29 is 17.9 Å². The van der Waals surface area contributed by atoms with Gasteiger partial charge < -0.3 is 10.5 Å². The summed E-state index contributed by atoms with van der Waals surface area (Å²) in [5, 5.41) is 0.171. The number of hydrogen-bond donors (Lipinski definition) is 1. The molecule has 0 bridgehead atoms. The van der Waals surface area contributed by atoms with Crippen LogP contribution in [0.1, 0.15) is 0 Å². The van der Waals surface area contributed by atoms with Crippen molar-refractivity contribution in [2.45, 2.75) is 6.18 Å². The molecule has 2 nitrogen and oxygen atoms in total. The molecule has 0 saturated carbocycles. The maximum absolute atomic E-state index is 11.7. The highest BCUT2D eigenvalue weighted by molar-refractivity contribution is 6.33. The summed E-state index contributed by atoms with van der Waals surface area (Å²) in [5.74, 6) is 0.0431. The number of alkyl halides is 3. The minimum Gasteiger partial charge on any atom is -0.484 e. The van der Waals surface area contributed by atoms with Gasteiger partial charge in [0.05, 0.1) is 10.7 Å². The first-order chi connectivity index (χ1) is 6.38. The Hall–Kier alpha value is -1.10.